The Labute approximate surface area is 122 Å². The zero-order chi connectivity index (χ0) is 14.3. The van der Waals surface area contributed by atoms with Crippen molar-refractivity contribution >= 4 is 28.9 Å². The lowest BCUT2D eigenvalue weighted by Gasteiger charge is -2.20. The van der Waals surface area contributed by atoms with E-state index < -0.39 is 0 Å². The second kappa shape index (κ2) is 4.61. The van der Waals surface area contributed by atoms with Gasteiger partial charge in [-0.25, -0.2) is 9.97 Å². The molecule has 0 radical (unpaired) electrons. The first-order valence-corrected chi connectivity index (χ1v) is 6.76. The molecule has 0 fully saturated rings. The summed E-state index contributed by atoms with van der Waals surface area (Å²) in [7, 11) is 0. The van der Waals surface area contributed by atoms with Gasteiger partial charge in [-0.1, -0.05) is 11.6 Å². The summed E-state index contributed by atoms with van der Waals surface area (Å²) >= 11 is 6.36. The van der Waals surface area contributed by atoms with E-state index in [1.165, 1.54) is 11.9 Å². The fraction of sp³-hybridized carbons (Fsp3) is 0.286. The molecule has 0 spiro atoms. The Morgan fingerprint density at radius 2 is 2.10 bits per heavy atom. The van der Waals surface area contributed by atoms with Crippen LogP contribution in [0.4, 0.5) is 17.3 Å². The van der Waals surface area contributed by atoms with Gasteiger partial charge in [0.2, 0.25) is 0 Å². The molecule has 0 unspecified atom stereocenters. The highest BCUT2D eigenvalue weighted by Crippen LogP contribution is 2.37. The molecular weight excluding hydrogens is 274 g/mol. The van der Waals surface area contributed by atoms with Gasteiger partial charge >= 0.3 is 0 Å². The van der Waals surface area contributed by atoms with Crippen molar-refractivity contribution in [3.05, 3.63) is 40.7 Å². The molecule has 2 heterocycles. The van der Waals surface area contributed by atoms with Crippen LogP contribution in [-0.4, -0.2) is 9.97 Å². The van der Waals surface area contributed by atoms with Crippen LogP contribution in [0.3, 0.4) is 0 Å². The van der Waals surface area contributed by atoms with Crippen molar-refractivity contribution < 1.29 is 0 Å². The predicted molar refractivity (Wildman–Crippen MR) is 81.0 cm³/mol. The maximum Gasteiger partial charge on any atom is 0.135 e. The van der Waals surface area contributed by atoms with E-state index in [-0.39, 0.29) is 5.54 Å². The van der Waals surface area contributed by atoms with Crippen LogP contribution in [0.5, 0.6) is 0 Å². The molecule has 0 saturated carbocycles. The number of nitrogens with one attached hydrogen (secondary N) is 2. The van der Waals surface area contributed by atoms with Gasteiger partial charge in [0.25, 0.3) is 0 Å². The summed E-state index contributed by atoms with van der Waals surface area (Å²) < 4.78 is 0. The number of nitrogens with zero attached hydrogens (tertiary/aromatic N) is 2. The summed E-state index contributed by atoms with van der Waals surface area (Å²) in [4.78, 5) is 8.00. The molecule has 1 aromatic carbocycles. The number of aromatic nitrogens is 2. The number of rotatable bonds is 2. The minimum Gasteiger partial charge on any atom is -0.384 e. The summed E-state index contributed by atoms with van der Waals surface area (Å²) in [6, 6.07) is 5.69. The molecule has 6 heteroatoms. The van der Waals surface area contributed by atoms with Gasteiger partial charge < -0.3 is 16.4 Å². The molecule has 0 atom stereocenters. The van der Waals surface area contributed by atoms with E-state index in [0.29, 0.717) is 11.6 Å². The Morgan fingerprint density at radius 3 is 2.85 bits per heavy atom. The van der Waals surface area contributed by atoms with Crippen LogP contribution in [0.15, 0.2) is 24.5 Å². The fourth-order valence-electron chi connectivity index (χ4n) is 2.44. The van der Waals surface area contributed by atoms with Gasteiger partial charge in [0, 0.05) is 28.9 Å². The lowest BCUT2D eigenvalue weighted by atomic mass is 9.94. The molecule has 1 aromatic heterocycles. The van der Waals surface area contributed by atoms with Gasteiger partial charge in [0.05, 0.1) is 0 Å². The molecule has 104 valence electrons. The minimum atomic E-state index is -0.0820. The Hall–Kier alpha value is -1.85. The maximum atomic E-state index is 6.36. The number of fused-ring (bicyclic) bond motifs is 1. The summed E-state index contributed by atoms with van der Waals surface area (Å²) in [6.07, 6.45) is 1.43. The predicted octanol–water partition coefficient (Wildman–Crippen LogP) is 2.79. The zero-order valence-electron chi connectivity index (χ0n) is 11.4. The van der Waals surface area contributed by atoms with Gasteiger partial charge in [0.15, 0.2) is 0 Å². The number of hydrogen-bond donors (Lipinski definition) is 3. The summed E-state index contributed by atoms with van der Waals surface area (Å²) in [5.74, 6) is 1.08. The Morgan fingerprint density at radius 1 is 1.30 bits per heavy atom. The Bertz CT molecular complexity index is 669. The van der Waals surface area contributed by atoms with Gasteiger partial charge in [-0.2, -0.15) is 0 Å². The monoisotopic (exact) mass is 289 g/mol. The Kier molecular flexibility index (Phi) is 3.03. The third-order valence-corrected chi connectivity index (χ3v) is 3.87. The molecule has 0 amide bonds. The number of nitrogens with two attached hydrogens (primary N) is 1. The van der Waals surface area contributed by atoms with Crippen LogP contribution in [0.25, 0.3) is 0 Å². The normalized spacial score (nSPS) is 15.9. The first kappa shape index (κ1) is 13.1. The minimum absolute atomic E-state index is 0.0820. The van der Waals surface area contributed by atoms with Crippen molar-refractivity contribution in [1.29, 1.82) is 0 Å². The van der Waals surface area contributed by atoms with E-state index in [0.717, 1.165) is 22.8 Å². The van der Waals surface area contributed by atoms with E-state index in [1.807, 2.05) is 6.07 Å². The van der Waals surface area contributed by atoms with Crippen molar-refractivity contribution in [2.24, 2.45) is 0 Å². The van der Waals surface area contributed by atoms with E-state index in [4.69, 9.17) is 17.3 Å². The van der Waals surface area contributed by atoms with E-state index in [9.17, 15) is 0 Å². The van der Waals surface area contributed by atoms with Crippen LogP contribution < -0.4 is 16.4 Å². The van der Waals surface area contributed by atoms with Crippen molar-refractivity contribution in [3.63, 3.8) is 0 Å². The second-order valence-electron chi connectivity index (χ2n) is 5.42. The largest absolute Gasteiger partial charge is 0.384 e. The van der Waals surface area contributed by atoms with Crippen molar-refractivity contribution in [2.45, 2.75) is 25.9 Å². The molecular formula is C14H16ClN5. The Balaban J connectivity index is 1.98. The quantitative estimate of drug-likeness (QED) is 0.792. The molecule has 5 nitrogen and oxygen atoms in total. The SMILES string of the molecule is CC1(C)NCc2c(Cl)cc(Nc3cc(N)ncn3)cc21. The van der Waals surface area contributed by atoms with E-state index >= 15 is 0 Å². The molecule has 1 aliphatic heterocycles. The highest BCUT2D eigenvalue weighted by atomic mass is 35.5. The molecule has 0 saturated heterocycles. The molecule has 2 aromatic rings. The van der Waals surface area contributed by atoms with E-state index in [1.54, 1.807) is 6.07 Å². The zero-order valence-corrected chi connectivity index (χ0v) is 12.1. The van der Waals surface area contributed by atoms with Gasteiger partial charge in [-0.15, -0.1) is 0 Å². The lowest BCUT2D eigenvalue weighted by molar-refractivity contribution is 0.443. The first-order chi connectivity index (χ1) is 9.45. The first-order valence-electron chi connectivity index (χ1n) is 6.38. The summed E-state index contributed by atoms with van der Waals surface area (Å²) in [5.41, 5.74) is 8.82. The van der Waals surface area contributed by atoms with Gasteiger partial charge in [-0.3, -0.25) is 0 Å². The highest BCUT2D eigenvalue weighted by molar-refractivity contribution is 6.31. The van der Waals surface area contributed by atoms with Crippen molar-refractivity contribution in [1.82, 2.24) is 15.3 Å². The molecule has 0 bridgehead atoms. The second-order valence-corrected chi connectivity index (χ2v) is 5.82. The molecule has 0 aliphatic carbocycles. The number of nitrogen functional groups attached to an aromatic ring is 1. The van der Waals surface area contributed by atoms with Crippen molar-refractivity contribution in [2.75, 3.05) is 11.1 Å². The van der Waals surface area contributed by atoms with Crippen LogP contribution in [0, 0.1) is 0 Å². The van der Waals surface area contributed by atoms with Gasteiger partial charge in [-0.05, 0) is 37.1 Å². The standard InChI is InChI=1S/C14H16ClN5/c1-14(2)10-3-8(4-11(15)9(10)6-19-14)20-13-5-12(16)17-7-18-13/h3-5,7,19H,6H2,1-2H3,(H3,16,17,18,20). The van der Waals surface area contributed by atoms with Crippen LogP contribution in [0.2, 0.25) is 5.02 Å². The van der Waals surface area contributed by atoms with E-state index in [2.05, 4.69) is 40.5 Å². The highest BCUT2D eigenvalue weighted by Gasteiger charge is 2.31. The number of halogens is 1. The van der Waals surface area contributed by atoms with Crippen molar-refractivity contribution in [3.8, 4) is 0 Å². The average molecular weight is 290 g/mol. The maximum absolute atomic E-state index is 6.36. The average Bonchev–Trinajstić information content (AvgIpc) is 2.66. The summed E-state index contributed by atoms with van der Waals surface area (Å²) in [5, 5.41) is 7.41. The van der Waals surface area contributed by atoms with Crippen LogP contribution in [-0.2, 0) is 12.1 Å². The number of anilines is 3. The summed E-state index contributed by atoms with van der Waals surface area (Å²) in [6.45, 7) is 5.07. The third kappa shape index (κ3) is 2.30. The van der Waals surface area contributed by atoms with Gasteiger partial charge in [0.1, 0.15) is 18.0 Å². The molecule has 4 N–H and O–H groups in total. The van der Waals surface area contributed by atoms with Crippen LogP contribution in [0.1, 0.15) is 25.0 Å². The third-order valence-electron chi connectivity index (χ3n) is 3.54. The number of hydrogen-bond acceptors (Lipinski definition) is 5. The molecule has 1 aliphatic rings. The molecule has 3 rings (SSSR count). The smallest absolute Gasteiger partial charge is 0.135 e. The number of benzene rings is 1. The van der Waals surface area contributed by atoms with Crippen LogP contribution >= 0.6 is 11.6 Å². The fourth-order valence-corrected chi connectivity index (χ4v) is 2.73. The lowest BCUT2D eigenvalue weighted by Crippen LogP contribution is -2.28. The topological polar surface area (TPSA) is 75.9 Å². The molecule has 20 heavy (non-hydrogen) atoms.